The van der Waals surface area contributed by atoms with Crippen LogP contribution in [-0.4, -0.2) is 11.0 Å². The van der Waals surface area contributed by atoms with Crippen molar-refractivity contribution in [2.75, 3.05) is 0 Å². The van der Waals surface area contributed by atoms with Crippen LogP contribution in [0.2, 0.25) is 0 Å². The number of hydrogen-bond donors (Lipinski definition) is 1. The van der Waals surface area contributed by atoms with Gasteiger partial charge in [0.1, 0.15) is 0 Å². The highest BCUT2D eigenvalue weighted by atomic mass is 14.9. The van der Waals surface area contributed by atoms with Crippen LogP contribution in [0.4, 0.5) is 0 Å². The summed E-state index contributed by atoms with van der Waals surface area (Å²) in [5, 5.41) is 6.11. The number of pyridine rings is 1. The Morgan fingerprint density at radius 1 is 1.22 bits per heavy atom. The van der Waals surface area contributed by atoms with Crippen molar-refractivity contribution in [2.24, 2.45) is 5.41 Å². The maximum Gasteiger partial charge on any atom is 0.0346 e. The van der Waals surface area contributed by atoms with Crippen molar-refractivity contribution in [3.8, 4) is 0 Å². The number of benzene rings is 1. The van der Waals surface area contributed by atoms with E-state index in [9.17, 15) is 0 Å². The summed E-state index contributed by atoms with van der Waals surface area (Å²) in [7, 11) is 0. The molecule has 0 aliphatic heterocycles. The number of nitrogens with zero attached hydrogens (tertiary/aromatic N) is 1. The van der Waals surface area contributed by atoms with Crippen LogP contribution in [0, 0.1) is 5.41 Å². The molecule has 1 N–H and O–H groups in total. The molecule has 0 aliphatic carbocycles. The summed E-state index contributed by atoms with van der Waals surface area (Å²) < 4.78 is 0. The van der Waals surface area contributed by atoms with Crippen LogP contribution in [0.15, 0.2) is 36.7 Å². The van der Waals surface area contributed by atoms with Crippen LogP contribution in [-0.2, 0) is 6.54 Å². The third kappa shape index (κ3) is 2.88. The lowest BCUT2D eigenvalue weighted by Gasteiger charge is -2.28. The quantitative estimate of drug-likeness (QED) is 0.886. The Balaban J connectivity index is 2.18. The second-order valence-electron chi connectivity index (χ2n) is 5.98. The summed E-state index contributed by atoms with van der Waals surface area (Å²) in [4.78, 5) is 4.17. The predicted molar refractivity (Wildman–Crippen MR) is 77.5 cm³/mol. The van der Waals surface area contributed by atoms with Gasteiger partial charge in [0.15, 0.2) is 0 Å². The lowest BCUT2D eigenvalue weighted by molar-refractivity contribution is 0.285. The lowest BCUT2D eigenvalue weighted by Crippen LogP contribution is -2.37. The summed E-state index contributed by atoms with van der Waals surface area (Å²) in [6.45, 7) is 9.93. The van der Waals surface area contributed by atoms with Crippen molar-refractivity contribution < 1.29 is 0 Å². The second kappa shape index (κ2) is 5.07. The summed E-state index contributed by atoms with van der Waals surface area (Å²) in [5.41, 5.74) is 1.62. The molecule has 96 valence electrons. The molecule has 2 nitrogen and oxygen atoms in total. The van der Waals surface area contributed by atoms with Crippen molar-refractivity contribution in [1.29, 1.82) is 0 Å². The fourth-order valence-corrected chi connectivity index (χ4v) is 1.91. The molecule has 0 saturated heterocycles. The van der Waals surface area contributed by atoms with E-state index in [0.29, 0.717) is 6.04 Å². The molecule has 1 heterocycles. The first-order valence-corrected chi connectivity index (χ1v) is 6.53. The van der Waals surface area contributed by atoms with Crippen LogP contribution in [0.25, 0.3) is 10.8 Å². The Morgan fingerprint density at radius 2 is 2.00 bits per heavy atom. The molecule has 0 aliphatic rings. The third-order valence-electron chi connectivity index (χ3n) is 3.67. The molecule has 0 radical (unpaired) electrons. The molecule has 1 unspecified atom stereocenters. The molecule has 0 bridgehead atoms. The molecule has 0 amide bonds. The van der Waals surface area contributed by atoms with Gasteiger partial charge < -0.3 is 5.32 Å². The van der Waals surface area contributed by atoms with Crippen molar-refractivity contribution >= 4 is 10.8 Å². The fraction of sp³-hybridized carbons (Fsp3) is 0.438. The van der Waals surface area contributed by atoms with Crippen LogP contribution < -0.4 is 5.32 Å². The van der Waals surface area contributed by atoms with Crippen LogP contribution in [0.3, 0.4) is 0 Å². The lowest BCUT2D eigenvalue weighted by atomic mass is 9.88. The molecule has 0 spiro atoms. The van der Waals surface area contributed by atoms with E-state index in [1.165, 1.54) is 16.3 Å². The Kier molecular flexibility index (Phi) is 3.67. The van der Waals surface area contributed by atoms with Gasteiger partial charge in [-0.3, -0.25) is 4.98 Å². The largest absolute Gasteiger partial charge is 0.310 e. The van der Waals surface area contributed by atoms with Crippen molar-refractivity contribution in [3.05, 3.63) is 42.2 Å². The zero-order valence-electron chi connectivity index (χ0n) is 11.7. The monoisotopic (exact) mass is 242 g/mol. The second-order valence-corrected chi connectivity index (χ2v) is 5.98. The summed E-state index contributed by atoms with van der Waals surface area (Å²) in [5.74, 6) is 0. The SMILES string of the molecule is CC(NCc1cccc2cnccc12)C(C)(C)C. The Hall–Kier alpha value is -1.41. The molecule has 1 atom stereocenters. The van der Waals surface area contributed by atoms with E-state index in [1.807, 2.05) is 12.4 Å². The average Bonchev–Trinajstić information content (AvgIpc) is 2.34. The van der Waals surface area contributed by atoms with Gasteiger partial charge in [-0.1, -0.05) is 39.0 Å². The smallest absolute Gasteiger partial charge is 0.0346 e. The molecule has 2 heteroatoms. The van der Waals surface area contributed by atoms with Crippen molar-refractivity contribution in [2.45, 2.75) is 40.3 Å². The van der Waals surface area contributed by atoms with Gasteiger partial charge in [-0.05, 0) is 29.4 Å². The minimum Gasteiger partial charge on any atom is -0.310 e. The average molecular weight is 242 g/mol. The fourth-order valence-electron chi connectivity index (χ4n) is 1.91. The molecule has 1 aromatic heterocycles. The number of hydrogen-bond acceptors (Lipinski definition) is 2. The number of fused-ring (bicyclic) bond motifs is 1. The van der Waals surface area contributed by atoms with E-state index in [-0.39, 0.29) is 5.41 Å². The first-order chi connectivity index (χ1) is 8.48. The number of rotatable bonds is 3. The molecule has 2 aromatic rings. The maximum atomic E-state index is 4.17. The van der Waals surface area contributed by atoms with Crippen LogP contribution in [0.1, 0.15) is 33.3 Å². The zero-order chi connectivity index (χ0) is 13.2. The van der Waals surface area contributed by atoms with Crippen molar-refractivity contribution in [1.82, 2.24) is 10.3 Å². The molecule has 0 fully saturated rings. The van der Waals surface area contributed by atoms with E-state index in [2.05, 4.69) is 62.3 Å². The van der Waals surface area contributed by atoms with Gasteiger partial charge in [0.2, 0.25) is 0 Å². The van der Waals surface area contributed by atoms with Gasteiger partial charge in [0.05, 0.1) is 0 Å². The molecule has 2 rings (SSSR count). The molecular weight excluding hydrogens is 220 g/mol. The first kappa shape index (κ1) is 13.0. The van der Waals surface area contributed by atoms with Gasteiger partial charge in [-0.15, -0.1) is 0 Å². The van der Waals surface area contributed by atoms with E-state index >= 15 is 0 Å². The standard InChI is InChI=1S/C16H22N2/c1-12(16(2,3)4)18-11-14-7-5-6-13-10-17-9-8-15(13)14/h5-10,12,18H,11H2,1-4H3. The highest BCUT2D eigenvalue weighted by Gasteiger charge is 2.19. The van der Waals surface area contributed by atoms with E-state index < -0.39 is 0 Å². The molecular formula is C16H22N2. The van der Waals surface area contributed by atoms with Crippen LogP contribution >= 0.6 is 0 Å². The Morgan fingerprint density at radius 3 is 2.72 bits per heavy atom. The molecule has 1 aromatic carbocycles. The highest BCUT2D eigenvalue weighted by molar-refractivity contribution is 5.84. The highest BCUT2D eigenvalue weighted by Crippen LogP contribution is 2.21. The summed E-state index contributed by atoms with van der Waals surface area (Å²) >= 11 is 0. The number of aromatic nitrogens is 1. The zero-order valence-corrected chi connectivity index (χ0v) is 11.7. The normalized spacial score (nSPS) is 13.8. The van der Waals surface area contributed by atoms with Crippen molar-refractivity contribution in [3.63, 3.8) is 0 Å². The minimum atomic E-state index is 0.284. The van der Waals surface area contributed by atoms with Gasteiger partial charge >= 0.3 is 0 Å². The minimum absolute atomic E-state index is 0.284. The first-order valence-electron chi connectivity index (χ1n) is 6.53. The van der Waals surface area contributed by atoms with Gasteiger partial charge in [-0.25, -0.2) is 0 Å². The van der Waals surface area contributed by atoms with Gasteiger partial charge in [0.25, 0.3) is 0 Å². The van der Waals surface area contributed by atoms with Crippen LogP contribution in [0.5, 0.6) is 0 Å². The predicted octanol–water partition coefficient (Wildman–Crippen LogP) is 3.76. The number of nitrogens with one attached hydrogen (secondary N) is 1. The maximum absolute atomic E-state index is 4.17. The topological polar surface area (TPSA) is 24.9 Å². The van der Waals surface area contributed by atoms with Gasteiger partial charge in [-0.2, -0.15) is 0 Å². The van der Waals surface area contributed by atoms with E-state index in [1.54, 1.807) is 0 Å². The Labute approximate surface area is 109 Å². The van der Waals surface area contributed by atoms with Gasteiger partial charge in [0, 0.05) is 30.4 Å². The summed E-state index contributed by atoms with van der Waals surface area (Å²) in [6.07, 6.45) is 3.78. The molecule has 18 heavy (non-hydrogen) atoms. The van der Waals surface area contributed by atoms with E-state index in [0.717, 1.165) is 6.54 Å². The Bertz CT molecular complexity index is 521. The summed E-state index contributed by atoms with van der Waals surface area (Å²) in [6, 6.07) is 8.97. The molecule has 0 saturated carbocycles. The van der Waals surface area contributed by atoms with E-state index in [4.69, 9.17) is 0 Å². The third-order valence-corrected chi connectivity index (χ3v) is 3.67.